The first kappa shape index (κ1) is 15.0. The summed E-state index contributed by atoms with van der Waals surface area (Å²) < 4.78 is 0. The van der Waals surface area contributed by atoms with Gasteiger partial charge in [0.05, 0.1) is 0 Å². The largest absolute Gasteiger partial charge is 0.319 e. The second kappa shape index (κ2) is 6.23. The van der Waals surface area contributed by atoms with Crippen LogP contribution >= 0.6 is 0 Å². The average molecular weight is 249 g/mol. The Balaban J connectivity index is 2.54. The normalized spacial score (nSPS) is 17.6. The van der Waals surface area contributed by atoms with Crippen molar-refractivity contribution in [3.8, 4) is 0 Å². The van der Waals surface area contributed by atoms with Crippen LogP contribution in [0.1, 0.15) is 34.1 Å². The quantitative estimate of drug-likeness (QED) is 0.668. The van der Waals surface area contributed by atoms with Gasteiger partial charge in [0.25, 0.3) is 14.1 Å². The van der Waals surface area contributed by atoms with Crippen LogP contribution in [0.5, 0.6) is 0 Å². The molecule has 0 N–H and O–H groups in total. The summed E-state index contributed by atoms with van der Waals surface area (Å²) in [6.45, 7) is 10.4. The van der Waals surface area contributed by atoms with Crippen molar-refractivity contribution in [1.82, 2.24) is 4.90 Å². The van der Waals surface area contributed by atoms with Crippen LogP contribution in [-0.4, -0.2) is 38.0 Å². The fraction of sp³-hybridized carbons (Fsp3) is 0.733. The second-order valence-corrected chi connectivity index (χ2v) is 9.27. The van der Waals surface area contributed by atoms with E-state index in [0.717, 1.165) is 0 Å². The van der Waals surface area contributed by atoms with Crippen molar-refractivity contribution in [2.24, 2.45) is 5.92 Å². The van der Waals surface area contributed by atoms with Gasteiger partial charge in [-0.15, -0.1) is 11.6 Å². The maximum absolute atomic E-state index is 2.53. The van der Waals surface area contributed by atoms with Gasteiger partial charge in [0.15, 0.2) is 0 Å². The Labute approximate surface area is 112 Å². The summed E-state index contributed by atoms with van der Waals surface area (Å²) >= 11 is -0.448. The first-order chi connectivity index (χ1) is 7.84. The molecule has 0 radical (unpaired) electrons. The van der Waals surface area contributed by atoms with Gasteiger partial charge in [-0.05, 0) is 64.3 Å². The lowest BCUT2D eigenvalue weighted by Gasteiger charge is -2.21. The second-order valence-electron chi connectivity index (χ2n) is 6.11. The van der Waals surface area contributed by atoms with Crippen molar-refractivity contribution in [3.63, 3.8) is 0 Å². The summed E-state index contributed by atoms with van der Waals surface area (Å²) in [6, 6.07) is 0. The van der Waals surface area contributed by atoms with Crippen LogP contribution in [-0.2, 0) is 0 Å². The Bertz CT molecular complexity index is 315. The summed E-state index contributed by atoms with van der Waals surface area (Å²) in [5.41, 5.74) is 6.28. The van der Waals surface area contributed by atoms with Crippen molar-refractivity contribution >= 4 is 14.1 Å². The molecule has 1 nitrogen and oxygen atoms in total. The molecule has 0 fully saturated rings. The highest BCUT2D eigenvalue weighted by Crippen LogP contribution is 2.38. The number of hydrogen-bond donors (Lipinski definition) is 0. The van der Waals surface area contributed by atoms with Gasteiger partial charge in [-0.3, -0.25) is 0 Å². The topological polar surface area (TPSA) is 3.24 Å². The molecule has 1 rings (SSSR count). The molecule has 0 saturated heterocycles. The number of nitrogens with zero attached hydrogens (tertiary/aromatic N) is 1. The smallest absolute Gasteiger partial charge is 0.275 e. The van der Waals surface area contributed by atoms with E-state index in [1.165, 1.54) is 29.5 Å². The van der Waals surface area contributed by atoms with E-state index in [2.05, 4.69) is 51.2 Å². The fourth-order valence-electron chi connectivity index (χ4n) is 2.94. The molecule has 0 spiro atoms. The monoisotopic (exact) mass is 249 g/mol. The zero-order chi connectivity index (χ0) is 13.2. The highest BCUT2D eigenvalue weighted by atomic mass is 27.2. The Morgan fingerprint density at radius 3 is 1.88 bits per heavy atom. The Kier molecular flexibility index (Phi) is 5.51. The van der Waals surface area contributed by atoms with Crippen molar-refractivity contribution < 1.29 is 0 Å². The molecule has 96 valence electrons. The molecule has 0 heterocycles. The zero-order valence-corrected chi connectivity index (χ0v) is 13.9. The van der Waals surface area contributed by atoms with Crippen LogP contribution < -0.4 is 0 Å². The zero-order valence-electron chi connectivity index (χ0n) is 12.7. The van der Waals surface area contributed by atoms with Crippen molar-refractivity contribution in [2.45, 2.75) is 45.7 Å². The van der Waals surface area contributed by atoms with Crippen LogP contribution in [0.25, 0.3) is 0 Å². The van der Waals surface area contributed by atoms with E-state index in [9.17, 15) is 0 Å². The predicted octanol–water partition coefficient (Wildman–Crippen LogP) is 3.90. The molecule has 2 heteroatoms. The fourth-order valence-corrected chi connectivity index (χ4v) is 4.37. The van der Waals surface area contributed by atoms with E-state index in [0.29, 0.717) is 5.92 Å². The van der Waals surface area contributed by atoms with E-state index < -0.39 is 14.1 Å². The molecule has 0 aliphatic heterocycles. The first-order valence-electron chi connectivity index (χ1n) is 6.88. The van der Waals surface area contributed by atoms with Crippen molar-refractivity contribution in [1.29, 1.82) is 0 Å². The van der Waals surface area contributed by atoms with Crippen LogP contribution in [0.4, 0.5) is 0 Å². The minimum Gasteiger partial charge on any atom is -0.319 e. The minimum absolute atomic E-state index is 0.448. The molecule has 1 aliphatic rings. The summed E-state index contributed by atoms with van der Waals surface area (Å²) in [5.74, 6) is 5.57. The maximum atomic E-state index is 2.53. The maximum Gasteiger partial charge on any atom is 0.275 e. The molecule has 0 aromatic carbocycles. The van der Waals surface area contributed by atoms with Gasteiger partial charge in [-0.25, -0.2) is 0 Å². The Hall–Kier alpha value is -0.0275. The molecular weight excluding hydrogens is 221 g/mol. The standard InChI is InChI=1S/C13H22N.2CH3.Al/c1-9-10(2)12(4)13(11(9)3)7-8-14(5)6;;;/h13H,5,7-8H2,1-4,6H3;2*1H3;. The number of allylic oxidation sites excluding steroid dienone is 4. The van der Waals surface area contributed by atoms with Gasteiger partial charge >= 0.3 is 0 Å². The molecule has 0 aromatic heterocycles. The van der Waals surface area contributed by atoms with E-state index in [4.69, 9.17) is 0 Å². The van der Waals surface area contributed by atoms with Gasteiger partial charge < -0.3 is 4.90 Å². The molecule has 0 saturated carbocycles. The number of hydrogen-bond acceptors (Lipinski definition) is 1. The molecule has 17 heavy (non-hydrogen) atoms. The molecular formula is C15H28AlN. The summed E-state index contributed by atoms with van der Waals surface area (Å²) in [7, 11) is 2.28. The molecule has 0 aromatic rings. The van der Waals surface area contributed by atoms with Crippen LogP contribution in [0.15, 0.2) is 22.3 Å². The first-order valence-corrected chi connectivity index (χ1v) is 10.0. The molecule has 0 atom stereocenters. The summed E-state index contributed by atoms with van der Waals surface area (Å²) in [6.07, 6.45) is 1.30. The van der Waals surface area contributed by atoms with Gasteiger partial charge in [-0.2, -0.15) is 0 Å². The molecule has 0 bridgehead atoms. The van der Waals surface area contributed by atoms with Crippen LogP contribution in [0.3, 0.4) is 0 Å². The van der Waals surface area contributed by atoms with E-state index >= 15 is 0 Å². The van der Waals surface area contributed by atoms with Crippen molar-refractivity contribution in [3.05, 3.63) is 22.3 Å². The highest BCUT2D eigenvalue weighted by molar-refractivity contribution is 6.55. The van der Waals surface area contributed by atoms with Gasteiger partial charge in [-0.1, -0.05) is 11.1 Å². The average Bonchev–Trinajstić information content (AvgIpc) is 2.41. The van der Waals surface area contributed by atoms with E-state index in [-0.39, 0.29) is 0 Å². The summed E-state index contributed by atoms with van der Waals surface area (Å²) in [5, 5.41) is 1.34. The van der Waals surface area contributed by atoms with E-state index in [1.54, 1.807) is 11.1 Å². The SMILES string of the molecule is CC1=C(C)C(CCN(C)[CH2][Al]([CH3])[CH3])C(C)=C1C. The summed E-state index contributed by atoms with van der Waals surface area (Å²) in [4.78, 5) is 2.53. The van der Waals surface area contributed by atoms with E-state index in [1.807, 2.05) is 0 Å². The predicted molar refractivity (Wildman–Crippen MR) is 79.8 cm³/mol. The molecule has 0 amide bonds. The molecule has 1 aliphatic carbocycles. The van der Waals surface area contributed by atoms with Crippen LogP contribution in [0.2, 0.25) is 11.6 Å². The van der Waals surface area contributed by atoms with Crippen molar-refractivity contribution in [2.75, 3.05) is 19.0 Å². The molecule has 0 unspecified atom stereocenters. The minimum atomic E-state index is -0.448. The van der Waals surface area contributed by atoms with Gasteiger partial charge in [0.1, 0.15) is 0 Å². The third kappa shape index (κ3) is 3.71. The highest BCUT2D eigenvalue weighted by Gasteiger charge is 2.24. The number of rotatable bonds is 5. The lowest BCUT2D eigenvalue weighted by molar-refractivity contribution is 0.360. The third-order valence-electron chi connectivity index (χ3n) is 4.27. The Morgan fingerprint density at radius 2 is 1.47 bits per heavy atom. The lowest BCUT2D eigenvalue weighted by Crippen LogP contribution is -2.30. The lowest BCUT2D eigenvalue weighted by atomic mass is 9.93. The van der Waals surface area contributed by atoms with Gasteiger partial charge in [0.2, 0.25) is 0 Å². The van der Waals surface area contributed by atoms with Crippen LogP contribution in [0, 0.1) is 5.92 Å². The van der Waals surface area contributed by atoms with Gasteiger partial charge in [0, 0.05) is 5.92 Å². The Morgan fingerprint density at radius 1 is 1.00 bits per heavy atom. The third-order valence-corrected chi connectivity index (χ3v) is 5.62.